The zero-order chi connectivity index (χ0) is 20.6. The molecule has 0 unspecified atom stereocenters. The summed E-state index contributed by atoms with van der Waals surface area (Å²) in [5.74, 6) is 1.46. The van der Waals surface area contributed by atoms with Gasteiger partial charge in [0.05, 0.1) is 7.11 Å². The lowest BCUT2D eigenvalue weighted by atomic mass is 9.90. The topological polar surface area (TPSA) is 54.5 Å². The van der Waals surface area contributed by atoms with Crippen molar-refractivity contribution in [3.8, 4) is 5.75 Å². The number of carbonyl (C=O) groups excluding carboxylic acids is 1. The van der Waals surface area contributed by atoms with Gasteiger partial charge >= 0.3 is 0 Å². The molecule has 1 atom stereocenters. The molecular formula is C23H30FN3O2. The normalized spacial score (nSPS) is 15.9. The lowest BCUT2D eigenvalue weighted by molar-refractivity contribution is 0.0684. The van der Waals surface area contributed by atoms with Gasteiger partial charge in [-0.15, -0.1) is 0 Å². The maximum Gasteiger partial charge on any atom is 0.272 e. The number of benzene rings is 1. The van der Waals surface area contributed by atoms with Crippen molar-refractivity contribution in [2.24, 2.45) is 5.92 Å². The standard InChI is InChI=1S/C23H30FN3O2/c1-17(24)14-25-15-20-5-8-22(26-16-20)23(28)27-11-9-19(10-12-27)13-18-3-6-21(29-2)7-4-18/h3-8,16-17,19,25H,9-15H2,1-2H3/t17-/m1/s1. The molecule has 1 aromatic heterocycles. The average molecular weight is 400 g/mol. The Hall–Kier alpha value is -2.47. The highest BCUT2D eigenvalue weighted by atomic mass is 19.1. The van der Waals surface area contributed by atoms with Crippen molar-refractivity contribution >= 4 is 5.91 Å². The van der Waals surface area contributed by atoms with Gasteiger partial charge in [-0.3, -0.25) is 9.78 Å². The van der Waals surface area contributed by atoms with Crippen LogP contribution in [0.2, 0.25) is 0 Å². The summed E-state index contributed by atoms with van der Waals surface area (Å²) in [6.07, 6.45) is 3.85. The number of hydrogen-bond acceptors (Lipinski definition) is 4. The second-order valence-electron chi connectivity index (χ2n) is 7.75. The molecule has 0 saturated carbocycles. The Balaban J connectivity index is 1.46. The number of halogens is 1. The number of ether oxygens (including phenoxy) is 1. The van der Waals surface area contributed by atoms with Gasteiger partial charge in [0.15, 0.2) is 0 Å². The van der Waals surface area contributed by atoms with Crippen LogP contribution in [0.5, 0.6) is 5.75 Å². The van der Waals surface area contributed by atoms with Crippen LogP contribution < -0.4 is 10.1 Å². The van der Waals surface area contributed by atoms with Gasteiger partial charge in [0.25, 0.3) is 5.91 Å². The van der Waals surface area contributed by atoms with Crippen molar-refractivity contribution in [3.05, 3.63) is 59.4 Å². The molecule has 156 valence electrons. The van der Waals surface area contributed by atoms with E-state index in [0.29, 0.717) is 24.7 Å². The minimum Gasteiger partial charge on any atom is -0.497 e. The molecule has 0 aliphatic carbocycles. The van der Waals surface area contributed by atoms with Crippen LogP contribution in [0.1, 0.15) is 41.4 Å². The molecule has 0 bridgehead atoms. The highest BCUT2D eigenvalue weighted by Gasteiger charge is 2.24. The highest BCUT2D eigenvalue weighted by Crippen LogP contribution is 2.23. The summed E-state index contributed by atoms with van der Waals surface area (Å²) in [5.41, 5.74) is 2.73. The van der Waals surface area contributed by atoms with Crippen LogP contribution in [0.4, 0.5) is 4.39 Å². The molecule has 1 N–H and O–H groups in total. The molecule has 1 saturated heterocycles. The number of nitrogens with zero attached hydrogens (tertiary/aromatic N) is 2. The first-order chi connectivity index (χ1) is 14.0. The molecule has 29 heavy (non-hydrogen) atoms. The summed E-state index contributed by atoms with van der Waals surface area (Å²) in [7, 11) is 1.67. The first kappa shape index (κ1) is 21.2. The third-order valence-electron chi connectivity index (χ3n) is 5.38. The quantitative estimate of drug-likeness (QED) is 0.737. The van der Waals surface area contributed by atoms with Crippen molar-refractivity contribution < 1.29 is 13.9 Å². The van der Waals surface area contributed by atoms with E-state index in [-0.39, 0.29) is 5.91 Å². The molecule has 5 nitrogen and oxygen atoms in total. The van der Waals surface area contributed by atoms with Gasteiger partial charge in [-0.05, 0) is 61.4 Å². The predicted molar refractivity (Wildman–Crippen MR) is 112 cm³/mol. The first-order valence-electron chi connectivity index (χ1n) is 10.3. The number of nitrogens with one attached hydrogen (secondary N) is 1. The van der Waals surface area contributed by atoms with E-state index in [1.807, 2.05) is 23.1 Å². The van der Waals surface area contributed by atoms with Crippen molar-refractivity contribution in [1.29, 1.82) is 0 Å². The Labute approximate surface area is 172 Å². The zero-order valence-electron chi connectivity index (χ0n) is 17.2. The van der Waals surface area contributed by atoms with Gasteiger partial charge < -0.3 is 15.0 Å². The van der Waals surface area contributed by atoms with E-state index in [1.54, 1.807) is 19.4 Å². The zero-order valence-corrected chi connectivity index (χ0v) is 17.2. The largest absolute Gasteiger partial charge is 0.497 e. The van der Waals surface area contributed by atoms with Crippen molar-refractivity contribution in [3.63, 3.8) is 0 Å². The molecule has 6 heteroatoms. The number of hydrogen-bond donors (Lipinski definition) is 1. The number of piperidine rings is 1. The molecule has 0 radical (unpaired) electrons. The number of methoxy groups -OCH3 is 1. The fraction of sp³-hybridized carbons (Fsp3) is 0.478. The summed E-state index contributed by atoms with van der Waals surface area (Å²) in [6.45, 7) is 3.91. The van der Waals surface area contributed by atoms with Crippen LogP contribution in [-0.4, -0.2) is 48.7 Å². The summed E-state index contributed by atoms with van der Waals surface area (Å²) in [5, 5.41) is 3.03. The van der Waals surface area contributed by atoms with Crippen LogP contribution in [0.15, 0.2) is 42.6 Å². The van der Waals surface area contributed by atoms with Gasteiger partial charge in [0.1, 0.15) is 17.6 Å². The Morgan fingerprint density at radius 2 is 1.90 bits per heavy atom. The van der Waals surface area contributed by atoms with Crippen molar-refractivity contribution in [2.75, 3.05) is 26.7 Å². The third kappa shape index (κ3) is 6.26. The van der Waals surface area contributed by atoms with Gasteiger partial charge in [0, 0.05) is 32.4 Å². The smallest absolute Gasteiger partial charge is 0.272 e. The average Bonchev–Trinajstić information content (AvgIpc) is 2.74. The summed E-state index contributed by atoms with van der Waals surface area (Å²) < 4.78 is 18.0. The molecule has 1 amide bonds. The Kier molecular flexibility index (Phi) is 7.58. The van der Waals surface area contributed by atoms with Gasteiger partial charge in [0.2, 0.25) is 0 Å². The Morgan fingerprint density at radius 3 is 2.48 bits per heavy atom. The number of pyridine rings is 1. The van der Waals surface area contributed by atoms with Crippen LogP contribution in [0, 0.1) is 5.92 Å². The lowest BCUT2D eigenvalue weighted by Gasteiger charge is -2.32. The number of aromatic nitrogens is 1. The predicted octanol–water partition coefficient (Wildman–Crippen LogP) is 3.63. The van der Waals surface area contributed by atoms with Gasteiger partial charge in [-0.1, -0.05) is 18.2 Å². The van der Waals surface area contributed by atoms with E-state index in [0.717, 1.165) is 43.7 Å². The molecule has 1 aromatic carbocycles. The number of likely N-dealkylation sites (tertiary alicyclic amines) is 1. The number of alkyl halides is 1. The van der Waals surface area contributed by atoms with E-state index in [9.17, 15) is 9.18 Å². The van der Waals surface area contributed by atoms with Crippen molar-refractivity contribution in [1.82, 2.24) is 15.2 Å². The molecule has 1 aliphatic heterocycles. The highest BCUT2D eigenvalue weighted by molar-refractivity contribution is 5.92. The molecule has 2 heterocycles. The maximum absolute atomic E-state index is 12.8. The van der Waals surface area contributed by atoms with Gasteiger partial charge in [-0.2, -0.15) is 0 Å². The minimum absolute atomic E-state index is 0.00946. The van der Waals surface area contributed by atoms with Crippen LogP contribution in [0.25, 0.3) is 0 Å². The summed E-state index contributed by atoms with van der Waals surface area (Å²) in [4.78, 5) is 19.0. The van der Waals surface area contributed by atoms with Crippen LogP contribution >= 0.6 is 0 Å². The number of amides is 1. The Morgan fingerprint density at radius 1 is 1.21 bits per heavy atom. The van der Waals surface area contributed by atoms with E-state index in [4.69, 9.17) is 4.74 Å². The van der Waals surface area contributed by atoms with E-state index < -0.39 is 6.17 Å². The second kappa shape index (κ2) is 10.3. The lowest BCUT2D eigenvalue weighted by Crippen LogP contribution is -2.39. The van der Waals surface area contributed by atoms with Gasteiger partial charge in [-0.25, -0.2) is 4.39 Å². The number of rotatable bonds is 8. The Bertz CT molecular complexity index is 770. The van der Waals surface area contributed by atoms with E-state index >= 15 is 0 Å². The fourth-order valence-electron chi connectivity index (χ4n) is 3.67. The van der Waals surface area contributed by atoms with E-state index in [1.165, 1.54) is 12.5 Å². The van der Waals surface area contributed by atoms with E-state index in [2.05, 4.69) is 22.4 Å². The SMILES string of the molecule is COc1ccc(CC2CCN(C(=O)c3ccc(CNC[C@@H](C)F)cn3)CC2)cc1. The molecule has 0 spiro atoms. The molecule has 1 aliphatic rings. The van der Waals surface area contributed by atoms with Crippen LogP contribution in [0.3, 0.4) is 0 Å². The molecule has 1 fully saturated rings. The summed E-state index contributed by atoms with van der Waals surface area (Å²) in [6, 6.07) is 11.9. The minimum atomic E-state index is -0.878. The fourth-order valence-corrected chi connectivity index (χ4v) is 3.67. The monoisotopic (exact) mass is 399 g/mol. The summed E-state index contributed by atoms with van der Waals surface area (Å²) >= 11 is 0. The first-order valence-corrected chi connectivity index (χ1v) is 10.3. The van der Waals surface area contributed by atoms with Crippen LogP contribution in [-0.2, 0) is 13.0 Å². The van der Waals surface area contributed by atoms with Crippen molar-refractivity contribution in [2.45, 2.75) is 38.9 Å². The maximum atomic E-state index is 12.8. The number of carbonyl (C=O) groups is 1. The molecule has 3 rings (SSSR count). The second-order valence-corrected chi connectivity index (χ2v) is 7.75. The third-order valence-corrected chi connectivity index (χ3v) is 5.38. The molecule has 2 aromatic rings. The molecular weight excluding hydrogens is 369 g/mol.